The van der Waals surface area contributed by atoms with E-state index in [1.54, 1.807) is 6.08 Å². The summed E-state index contributed by atoms with van der Waals surface area (Å²) >= 11 is 0. The molecule has 3 aliphatic rings. The first kappa shape index (κ1) is 23.1. The fourth-order valence-corrected chi connectivity index (χ4v) is 4.55. The Kier molecular flexibility index (Phi) is 6.33. The van der Waals surface area contributed by atoms with Gasteiger partial charge in [-0.2, -0.15) is 0 Å². The van der Waals surface area contributed by atoms with Crippen molar-refractivity contribution in [3.63, 3.8) is 0 Å². The number of esters is 2. The standard InChI is InChI=1S/C21H32O9/c1-8-21(10-9-12(16(22)24-6)17(23)25-7)14(13-11-26-19(2,3)28-13)27-18-15(21)29-20(4,5)30-18/h8,12-15,18H,1,9-11H2,2-7H3/t13-,14-,15+,18-,21+/m1/s1. The Balaban J connectivity index is 1.90. The molecular formula is C21H32O9. The normalized spacial score (nSPS) is 36.5. The Morgan fingerprint density at radius 1 is 1.03 bits per heavy atom. The summed E-state index contributed by atoms with van der Waals surface area (Å²) in [6, 6.07) is 0. The molecule has 0 radical (unpaired) electrons. The summed E-state index contributed by atoms with van der Waals surface area (Å²) < 4.78 is 39.8. The Morgan fingerprint density at radius 3 is 2.17 bits per heavy atom. The molecule has 0 aromatic heterocycles. The van der Waals surface area contributed by atoms with E-state index in [4.69, 9.17) is 33.2 Å². The number of rotatable bonds is 7. The third-order valence-electron chi connectivity index (χ3n) is 5.98. The minimum atomic E-state index is -1.07. The van der Waals surface area contributed by atoms with Gasteiger partial charge in [0.2, 0.25) is 0 Å². The van der Waals surface area contributed by atoms with Crippen molar-refractivity contribution in [2.75, 3.05) is 20.8 Å². The van der Waals surface area contributed by atoms with Gasteiger partial charge in [-0.25, -0.2) is 0 Å². The first-order valence-corrected chi connectivity index (χ1v) is 10.1. The highest BCUT2D eigenvalue weighted by atomic mass is 16.8. The molecular weight excluding hydrogens is 396 g/mol. The second kappa shape index (κ2) is 8.20. The first-order valence-electron chi connectivity index (χ1n) is 10.1. The minimum absolute atomic E-state index is 0.162. The predicted octanol–water partition coefficient (Wildman–Crippen LogP) is 1.93. The van der Waals surface area contributed by atoms with Crippen LogP contribution < -0.4 is 0 Å². The van der Waals surface area contributed by atoms with E-state index in [1.165, 1.54) is 14.2 Å². The van der Waals surface area contributed by atoms with Gasteiger partial charge < -0.3 is 33.2 Å². The van der Waals surface area contributed by atoms with Gasteiger partial charge >= 0.3 is 11.9 Å². The molecule has 3 saturated heterocycles. The zero-order chi connectivity index (χ0) is 22.3. The lowest BCUT2D eigenvalue weighted by molar-refractivity contribution is -0.234. The number of ether oxygens (including phenoxy) is 7. The van der Waals surface area contributed by atoms with Crippen LogP contribution in [0, 0.1) is 11.3 Å². The van der Waals surface area contributed by atoms with Gasteiger partial charge in [-0.15, -0.1) is 6.58 Å². The number of carbonyl (C=O) groups excluding carboxylic acids is 2. The van der Waals surface area contributed by atoms with Crippen LogP contribution in [0.3, 0.4) is 0 Å². The number of fused-ring (bicyclic) bond motifs is 1. The molecule has 9 nitrogen and oxygen atoms in total. The van der Waals surface area contributed by atoms with Crippen molar-refractivity contribution in [2.45, 2.75) is 76.7 Å². The SMILES string of the molecule is C=C[C@]1(CCC(C(=O)OC)C(=O)OC)[C@@H]([C@H]2COC(C)(C)O2)O[C@@H]2OC(C)(C)O[C@@H]21. The van der Waals surface area contributed by atoms with E-state index < -0.39 is 59.4 Å². The van der Waals surface area contributed by atoms with E-state index in [1.807, 2.05) is 27.7 Å². The maximum Gasteiger partial charge on any atom is 0.320 e. The second-order valence-corrected chi connectivity index (χ2v) is 8.80. The molecule has 3 rings (SSSR count). The fraction of sp³-hybridized carbons (Fsp3) is 0.810. The highest BCUT2D eigenvalue weighted by molar-refractivity contribution is 5.94. The van der Waals surface area contributed by atoms with Gasteiger partial charge in [-0.1, -0.05) is 6.08 Å². The van der Waals surface area contributed by atoms with Crippen molar-refractivity contribution in [2.24, 2.45) is 11.3 Å². The minimum Gasteiger partial charge on any atom is -0.468 e. The van der Waals surface area contributed by atoms with Crippen LogP contribution in [0.1, 0.15) is 40.5 Å². The molecule has 3 heterocycles. The van der Waals surface area contributed by atoms with Crippen LogP contribution >= 0.6 is 0 Å². The van der Waals surface area contributed by atoms with Gasteiger partial charge in [0.1, 0.15) is 18.3 Å². The van der Waals surface area contributed by atoms with Crippen LogP contribution in [0.5, 0.6) is 0 Å². The molecule has 0 bridgehead atoms. The number of hydrogen-bond donors (Lipinski definition) is 0. The zero-order valence-electron chi connectivity index (χ0n) is 18.5. The first-order chi connectivity index (χ1) is 14.0. The molecule has 3 fully saturated rings. The molecule has 0 amide bonds. The van der Waals surface area contributed by atoms with Crippen molar-refractivity contribution in [1.82, 2.24) is 0 Å². The van der Waals surface area contributed by atoms with E-state index >= 15 is 0 Å². The highest BCUT2D eigenvalue weighted by Gasteiger charge is 2.65. The summed E-state index contributed by atoms with van der Waals surface area (Å²) in [5, 5.41) is 0. The zero-order valence-corrected chi connectivity index (χ0v) is 18.5. The van der Waals surface area contributed by atoms with Crippen molar-refractivity contribution in [3.8, 4) is 0 Å². The van der Waals surface area contributed by atoms with Gasteiger partial charge in [0, 0.05) is 5.41 Å². The highest BCUT2D eigenvalue weighted by Crippen LogP contribution is 2.54. The summed E-state index contributed by atoms with van der Waals surface area (Å²) in [6.45, 7) is 11.7. The van der Waals surface area contributed by atoms with E-state index in [9.17, 15) is 9.59 Å². The van der Waals surface area contributed by atoms with E-state index in [0.717, 1.165) is 0 Å². The quantitative estimate of drug-likeness (QED) is 0.342. The largest absolute Gasteiger partial charge is 0.468 e. The molecule has 5 atom stereocenters. The molecule has 170 valence electrons. The van der Waals surface area contributed by atoms with E-state index in [-0.39, 0.29) is 6.42 Å². The van der Waals surface area contributed by atoms with E-state index in [0.29, 0.717) is 13.0 Å². The number of carbonyl (C=O) groups is 2. The van der Waals surface area contributed by atoms with Crippen molar-refractivity contribution in [3.05, 3.63) is 12.7 Å². The van der Waals surface area contributed by atoms with Crippen LogP contribution in [0.25, 0.3) is 0 Å². The summed E-state index contributed by atoms with van der Waals surface area (Å²) in [5.41, 5.74) is -0.785. The van der Waals surface area contributed by atoms with Crippen LogP contribution in [-0.4, -0.2) is 68.9 Å². The van der Waals surface area contributed by atoms with Crippen LogP contribution in [0.4, 0.5) is 0 Å². The van der Waals surface area contributed by atoms with Gasteiger partial charge in [0.25, 0.3) is 0 Å². The van der Waals surface area contributed by atoms with Crippen LogP contribution in [-0.2, 0) is 42.7 Å². The molecule has 0 unspecified atom stereocenters. The van der Waals surface area contributed by atoms with Gasteiger partial charge in [0.15, 0.2) is 23.8 Å². The third-order valence-corrected chi connectivity index (χ3v) is 5.98. The lowest BCUT2D eigenvalue weighted by Crippen LogP contribution is -2.47. The van der Waals surface area contributed by atoms with Crippen molar-refractivity contribution in [1.29, 1.82) is 0 Å². The van der Waals surface area contributed by atoms with Crippen molar-refractivity contribution < 1.29 is 42.7 Å². The fourth-order valence-electron chi connectivity index (χ4n) is 4.55. The Morgan fingerprint density at radius 2 is 1.67 bits per heavy atom. The second-order valence-electron chi connectivity index (χ2n) is 8.80. The molecule has 0 aromatic rings. The molecule has 0 spiro atoms. The summed E-state index contributed by atoms with van der Waals surface area (Å²) in [4.78, 5) is 24.4. The molecule has 0 saturated carbocycles. The van der Waals surface area contributed by atoms with Gasteiger partial charge in [0.05, 0.1) is 20.8 Å². The molecule has 3 aliphatic heterocycles. The average molecular weight is 428 g/mol. The van der Waals surface area contributed by atoms with Crippen molar-refractivity contribution >= 4 is 11.9 Å². The number of hydrogen-bond acceptors (Lipinski definition) is 9. The summed E-state index contributed by atoms with van der Waals surface area (Å²) in [7, 11) is 2.47. The van der Waals surface area contributed by atoms with Crippen LogP contribution in [0.15, 0.2) is 12.7 Å². The molecule has 0 aliphatic carbocycles. The smallest absolute Gasteiger partial charge is 0.320 e. The maximum absolute atomic E-state index is 12.2. The van der Waals surface area contributed by atoms with Gasteiger partial charge in [-0.05, 0) is 40.5 Å². The van der Waals surface area contributed by atoms with Gasteiger partial charge in [-0.3, -0.25) is 9.59 Å². The summed E-state index contributed by atoms with van der Waals surface area (Å²) in [5.74, 6) is -3.97. The number of methoxy groups -OCH3 is 2. The summed E-state index contributed by atoms with van der Waals surface area (Å²) in [6.07, 6.45) is 0.246. The Bertz CT molecular complexity index is 672. The maximum atomic E-state index is 12.2. The monoisotopic (exact) mass is 428 g/mol. The molecule has 0 N–H and O–H groups in total. The molecule has 9 heteroatoms. The Hall–Kier alpha value is -1.52. The predicted molar refractivity (Wildman–Crippen MR) is 103 cm³/mol. The lowest BCUT2D eigenvalue weighted by Gasteiger charge is -2.38. The molecule has 0 aromatic carbocycles. The lowest BCUT2D eigenvalue weighted by atomic mass is 9.72. The Labute approximate surface area is 176 Å². The molecule has 30 heavy (non-hydrogen) atoms. The van der Waals surface area contributed by atoms with Crippen LogP contribution in [0.2, 0.25) is 0 Å². The topological polar surface area (TPSA) is 98.8 Å². The average Bonchev–Trinajstić information content (AvgIpc) is 3.29. The third kappa shape index (κ3) is 4.13. The van der Waals surface area contributed by atoms with E-state index in [2.05, 4.69) is 6.58 Å².